The van der Waals surface area contributed by atoms with E-state index in [2.05, 4.69) is 4.72 Å². The van der Waals surface area contributed by atoms with Crippen LogP contribution >= 0.6 is 11.3 Å². The molecule has 1 aromatic heterocycles. The van der Waals surface area contributed by atoms with Gasteiger partial charge >= 0.3 is 0 Å². The van der Waals surface area contributed by atoms with Gasteiger partial charge in [0.1, 0.15) is 0 Å². The third-order valence-electron chi connectivity index (χ3n) is 3.07. The molecule has 0 unspecified atom stereocenters. The van der Waals surface area contributed by atoms with Crippen molar-refractivity contribution in [2.24, 2.45) is 0 Å². The van der Waals surface area contributed by atoms with E-state index in [1.54, 1.807) is 5.38 Å². The van der Waals surface area contributed by atoms with Crippen molar-refractivity contribution in [3.63, 3.8) is 0 Å². The molecular weight excluding hydrogens is 274 g/mol. The molecule has 5 nitrogen and oxygen atoms in total. The van der Waals surface area contributed by atoms with Crippen molar-refractivity contribution < 1.29 is 18.3 Å². The number of nitrogens with one attached hydrogen (secondary N) is 1. The van der Waals surface area contributed by atoms with Crippen LogP contribution in [0.25, 0.3) is 0 Å². The van der Waals surface area contributed by atoms with Gasteiger partial charge in [0.2, 0.25) is 10.0 Å². The molecule has 0 aliphatic carbocycles. The van der Waals surface area contributed by atoms with Crippen LogP contribution in [0.1, 0.15) is 24.6 Å². The van der Waals surface area contributed by atoms with Crippen LogP contribution in [0, 0.1) is 0 Å². The fraction of sp³-hybridized carbons (Fsp3) is 0.636. The summed E-state index contributed by atoms with van der Waals surface area (Å²) in [6, 6.07) is 1.51. The Morgan fingerprint density at radius 3 is 2.72 bits per heavy atom. The van der Waals surface area contributed by atoms with Crippen LogP contribution in [0.15, 0.2) is 16.3 Å². The monoisotopic (exact) mass is 291 g/mol. The van der Waals surface area contributed by atoms with E-state index in [0.29, 0.717) is 30.9 Å². The lowest BCUT2D eigenvalue weighted by molar-refractivity contribution is 0.0537. The van der Waals surface area contributed by atoms with Crippen LogP contribution in [-0.4, -0.2) is 32.3 Å². The summed E-state index contributed by atoms with van der Waals surface area (Å²) in [5, 5.41) is 10.5. The molecule has 2 heterocycles. The molecule has 0 radical (unpaired) electrons. The van der Waals surface area contributed by atoms with Crippen LogP contribution in [0.2, 0.25) is 0 Å². The van der Waals surface area contributed by atoms with Gasteiger partial charge in [-0.05, 0) is 25.8 Å². The second-order valence-corrected chi connectivity index (χ2v) is 7.36. The Morgan fingerprint density at radius 2 is 2.17 bits per heavy atom. The van der Waals surface area contributed by atoms with Crippen molar-refractivity contribution in [3.05, 3.63) is 16.3 Å². The molecule has 1 saturated heterocycles. The van der Waals surface area contributed by atoms with Crippen molar-refractivity contribution in [3.8, 4) is 0 Å². The summed E-state index contributed by atoms with van der Waals surface area (Å²) in [5.74, 6) is 0. The summed E-state index contributed by atoms with van der Waals surface area (Å²) < 4.78 is 32.4. The number of aliphatic hydroxyl groups excluding tert-OH is 1. The Hall–Kier alpha value is -0.470. The number of ether oxygens (including phenoxy) is 1. The number of hydrogen-bond donors (Lipinski definition) is 2. The smallest absolute Gasteiger partial charge is 0.241 e. The molecule has 2 N–H and O–H groups in total. The highest BCUT2D eigenvalue weighted by molar-refractivity contribution is 7.89. The van der Waals surface area contributed by atoms with E-state index in [1.165, 1.54) is 17.4 Å². The molecule has 0 atom stereocenters. The largest absolute Gasteiger partial charge is 0.391 e. The number of aliphatic hydroxyl groups is 1. The topological polar surface area (TPSA) is 75.6 Å². The number of hydrogen-bond acceptors (Lipinski definition) is 5. The molecule has 0 saturated carbocycles. The molecule has 102 valence electrons. The SMILES string of the molecule is CC1(NS(=O)(=O)c2csc(CO)c2)CCOCC1. The van der Waals surface area contributed by atoms with Gasteiger partial charge in [-0.3, -0.25) is 0 Å². The van der Waals surface area contributed by atoms with Gasteiger partial charge in [0.05, 0.1) is 11.5 Å². The van der Waals surface area contributed by atoms with Gasteiger partial charge in [-0.25, -0.2) is 13.1 Å². The maximum Gasteiger partial charge on any atom is 0.241 e. The second-order valence-electron chi connectivity index (χ2n) is 4.69. The number of sulfonamides is 1. The Balaban J connectivity index is 2.16. The zero-order chi connectivity index (χ0) is 13.2. The van der Waals surface area contributed by atoms with E-state index in [9.17, 15) is 8.42 Å². The van der Waals surface area contributed by atoms with Gasteiger partial charge < -0.3 is 9.84 Å². The van der Waals surface area contributed by atoms with Gasteiger partial charge in [-0.2, -0.15) is 0 Å². The van der Waals surface area contributed by atoms with Crippen molar-refractivity contribution >= 4 is 21.4 Å². The lowest BCUT2D eigenvalue weighted by Crippen LogP contribution is -2.49. The molecule has 1 aromatic rings. The molecule has 0 spiro atoms. The molecule has 2 rings (SSSR count). The molecule has 0 bridgehead atoms. The third-order valence-corrected chi connectivity index (χ3v) is 5.76. The summed E-state index contributed by atoms with van der Waals surface area (Å²) in [6.07, 6.45) is 1.34. The summed E-state index contributed by atoms with van der Waals surface area (Å²) in [5.41, 5.74) is -0.446. The average Bonchev–Trinajstić information content (AvgIpc) is 2.77. The van der Waals surface area contributed by atoms with Crippen LogP contribution in [0.3, 0.4) is 0 Å². The van der Waals surface area contributed by atoms with Crippen LogP contribution in [-0.2, 0) is 21.4 Å². The minimum absolute atomic E-state index is 0.134. The van der Waals surface area contributed by atoms with Crippen molar-refractivity contribution in [1.29, 1.82) is 0 Å². The van der Waals surface area contributed by atoms with Crippen LogP contribution < -0.4 is 4.72 Å². The first-order chi connectivity index (χ1) is 8.45. The van der Waals surface area contributed by atoms with E-state index in [1.807, 2.05) is 6.92 Å². The van der Waals surface area contributed by atoms with Gasteiger partial charge in [-0.15, -0.1) is 11.3 Å². The molecule has 0 amide bonds. The predicted molar refractivity (Wildman–Crippen MR) is 69.0 cm³/mol. The van der Waals surface area contributed by atoms with Crippen LogP contribution in [0.5, 0.6) is 0 Å². The predicted octanol–water partition coefficient (Wildman–Crippen LogP) is 1.09. The number of rotatable bonds is 4. The normalized spacial score (nSPS) is 19.9. The highest BCUT2D eigenvalue weighted by Gasteiger charge is 2.32. The summed E-state index contributed by atoms with van der Waals surface area (Å²) in [4.78, 5) is 0.872. The molecular formula is C11H17NO4S2. The molecule has 7 heteroatoms. The Kier molecular flexibility index (Phi) is 4.08. The van der Waals surface area contributed by atoms with Crippen molar-refractivity contribution in [2.75, 3.05) is 13.2 Å². The van der Waals surface area contributed by atoms with Crippen molar-refractivity contribution in [1.82, 2.24) is 4.72 Å². The molecule has 1 aliphatic heterocycles. The lowest BCUT2D eigenvalue weighted by atomic mass is 9.94. The Morgan fingerprint density at radius 1 is 1.50 bits per heavy atom. The molecule has 1 aliphatic rings. The fourth-order valence-corrected chi connectivity index (χ4v) is 4.49. The minimum Gasteiger partial charge on any atom is -0.391 e. The first-order valence-electron chi connectivity index (χ1n) is 5.75. The first kappa shape index (κ1) is 14.0. The van der Waals surface area contributed by atoms with Gasteiger partial charge in [0.25, 0.3) is 0 Å². The Bertz CT molecular complexity index is 503. The minimum atomic E-state index is -3.51. The van der Waals surface area contributed by atoms with Gasteiger partial charge in [0, 0.05) is 29.0 Å². The molecule has 18 heavy (non-hydrogen) atoms. The summed E-state index contributed by atoms with van der Waals surface area (Å²) in [7, 11) is -3.51. The maximum atomic E-state index is 12.2. The van der Waals surface area contributed by atoms with Crippen LogP contribution in [0.4, 0.5) is 0 Å². The standard InChI is InChI=1S/C11H17NO4S2/c1-11(2-4-16-5-3-11)12-18(14,15)10-6-9(7-13)17-8-10/h6,8,12-13H,2-5,7H2,1H3. The van der Waals surface area contributed by atoms with Gasteiger partial charge in [0.15, 0.2) is 0 Å². The van der Waals surface area contributed by atoms with E-state index >= 15 is 0 Å². The summed E-state index contributed by atoms with van der Waals surface area (Å²) >= 11 is 1.24. The van der Waals surface area contributed by atoms with E-state index in [-0.39, 0.29) is 11.5 Å². The molecule has 0 aromatic carbocycles. The quantitative estimate of drug-likeness (QED) is 0.870. The summed E-state index contributed by atoms with van der Waals surface area (Å²) in [6.45, 7) is 2.91. The Labute approximate surface area is 111 Å². The van der Waals surface area contributed by atoms with Crippen molar-refractivity contribution in [2.45, 2.75) is 36.8 Å². The zero-order valence-corrected chi connectivity index (χ0v) is 11.8. The lowest BCUT2D eigenvalue weighted by Gasteiger charge is -2.33. The highest BCUT2D eigenvalue weighted by atomic mass is 32.2. The first-order valence-corrected chi connectivity index (χ1v) is 8.11. The number of thiophene rings is 1. The highest BCUT2D eigenvalue weighted by Crippen LogP contribution is 2.25. The van der Waals surface area contributed by atoms with E-state index in [4.69, 9.17) is 9.84 Å². The van der Waals surface area contributed by atoms with Gasteiger partial charge in [-0.1, -0.05) is 0 Å². The van der Waals surface area contributed by atoms with E-state index in [0.717, 1.165) is 0 Å². The zero-order valence-electron chi connectivity index (χ0n) is 10.2. The average molecular weight is 291 g/mol. The molecule has 1 fully saturated rings. The fourth-order valence-electron chi connectivity index (χ4n) is 1.89. The van der Waals surface area contributed by atoms with E-state index < -0.39 is 15.6 Å². The second kappa shape index (κ2) is 5.26. The third kappa shape index (κ3) is 3.10. The maximum absolute atomic E-state index is 12.2.